The first-order chi connectivity index (χ1) is 7.42. The molecule has 0 fully saturated rings. The maximum absolute atomic E-state index is 4.40. The number of fused-ring (bicyclic) bond motifs is 1. The molecule has 0 aliphatic heterocycles. The second-order valence-electron chi connectivity index (χ2n) is 3.30. The molecule has 2 heterocycles. The van der Waals surface area contributed by atoms with Crippen LogP contribution in [0.25, 0.3) is 11.0 Å². The Morgan fingerprint density at radius 2 is 1.87 bits per heavy atom. The van der Waals surface area contributed by atoms with Gasteiger partial charge in [0.2, 0.25) is 5.95 Å². The molecule has 2 N–H and O–H groups in total. The molecule has 0 spiro atoms. The third kappa shape index (κ3) is 1.46. The van der Waals surface area contributed by atoms with Crippen molar-refractivity contribution in [2.24, 2.45) is 0 Å². The van der Waals surface area contributed by atoms with E-state index < -0.39 is 0 Å². The van der Waals surface area contributed by atoms with Gasteiger partial charge in [-0.1, -0.05) is 12.1 Å². The highest BCUT2D eigenvalue weighted by Crippen LogP contribution is 2.13. The van der Waals surface area contributed by atoms with Crippen LogP contribution in [0, 0.1) is 0 Å². The Balaban J connectivity index is 1.98. The molecule has 15 heavy (non-hydrogen) atoms. The van der Waals surface area contributed by atoms with E-state index in [1.54, 1.807) is 0 Å². The van der Waals surface area contributed by atoms with Crippen molar-refractivity contribution in [3.8, 4) is 0 Å². The van der Waals surface area contributed by atoms with Gasteiger partial charge in [0.15, 0.2) is 0 Å². The van der Waals surface area contributed by atoms with Crippen molar-refractivity contribution in [1.29, 1.82) is 0 Å². The van der Waals surface area contributed by atoms with Crippen molar-refractivity contribution in [2.75, 3.05) is 5.43 Å². The van der Waals surface area contributed by atoms with E-state index in [-0.39, 0.29) is 0 Å². The average molecular weight is 198 g/mol. The van der Waals surface area contributed by atoms with E-state index >= 15 is 0 Å². The van der Waals surface area contributed by atoms with Crippen LogP contribution < -0.4 is 5.43 Å². The van der Waals surface area contributed by atoms with Crippen LogP contribution in [-0.2, 0) is 0 Å². The maximum atomic E-state index is 4.40. The van der Waals surface area contributed by atoms with Crippen LogP contribution in [0.5, 0.6) is 0 Å². The highest BCUT2D eigenvalue weighted by molar-refractivity contribution is 5.77. The predicted octanol–water partition coefficient (Wildman–Crippen LogP) is 2.24. The Kier molecular flexibility index (Phi) is 1.71. The summed E-state index contributed by atoms with van der Waals surface area (Å²) in [5.41, 5.74) is 5.12. The molecular formula is C11H10N4. The Bertz CT molecular complexity index is 532. The zero-order valence-electron chi connectivity index (χ0n) is 8.01. The number of para-hydroxylation sites is 2. The highest BCUT2D eigenvalue weighted by atomic mass is 15.4. The van der Waals surface area contributed by atoms with Gasteiger partial charge in [0.1, 0.15) is 0 Å². The van der Waals surface area contributed by atoms with Crippen LogP contribution in [0.4, 0.5) is 5.95 Å². The summed E-state index contributed by atoms with van der Waals surface area (Å²) in [6.45, 7) is 0. The molecule has 0 saturated heterocycles. The molecule has 3 aromatic rings. The Morgan fingerprint density at radius 3 is 2.67 bits per heavy atom. The quantitative estimate of drug-likeness (QED) is 0.663. The number of aromatic nitrogens is 3. The molecule has 0 saturated carbocycles. The van der Waals surface area contributed by atoms with E-state index in [9.17, 15) is 0 Å². The summed E-state index contributed by atoms with van der Waals surface area (Å²) in [5, 5.41) is 0. The zero-order chi connectivity index (χ0) is 10.1. The minimum absolute atomic E-state index is 0.743. The molecule has 4 nitrogen and oxygen atoms in total. The number of aromatic amines is 1. The monoisotopic (exact) mass is 198 g/mol. The number of anilines is 1. The van der Waals surface area contributed by atoms with Gasteiger partial charge in [-0.3, -0.25) is 10.1 Å². The van der Waals surface area contributed by atoms with Crippen molar-refractivity contribution < 1.29 is 0 Å². The van der Waals surface area contributed by atoms with Crippen LogP contribution in [0.1, 0.15) is 0 Å². The van der Waals surface area contributed by atoms with Gasteiger partial charge < -0.3 is 4.98 Å². The van der Waals surface area contributed by atoms with Crippen LogP contribution in [0.2, 0.25) is 0 Å². The standard InChI is InChI=1S/C11H10N4/c1-2-6-10-9(5-1)12-11(13-10)14-15-7-3-4-8-15/h1-8H,(H2,12,13,14). The third-order valence-electron chi connectivity index (χ3n) is 2.23. The molecular weight excluding hydrogens is 188 g/mol. The Labute approximate surface area is 86.5 Å². The molecule has 2 aromatic heterocycles. The van der Waals surface area contributed by atoms with E-state index in [0.29, 0.717) is 0 Å². The SMILES string of the molecule is c1ccc2[nH]c(Nn3cccc3)nc2c1. The van der Waals surface area contributed by atoms with E-state index in [4.69, 9.17) is 0 Å². The highest BCUT2D eigenvalue weighted by Gasteiger charge is 2.00. The molecule has 0 unspecified atom stereocenters. The number of nitrogens with one attached hydrogen (secondary N) is 2. The van der Waals surface area contributed by atoms with Gasteiger partial charge in [-0.15, -0.1) is 0 Å². The Morgan fingerprint density at radius 1 is 1.07 bits per heavy atom. The molecule has 0 amide bonds. The molecule has 0 aliphatic rings. The fourth-order valence-corrected chi connectivity index (χ4v) is 1.54. The summed E-state index contributed by atoms with van der Waals surface area (Å²) in [7, 11) is 0. The second kappa shape index (κ2) is 3.16. The summed E-state index contributed by atoms with van der Waals surface area (Å²) in [6, 6.07) is 11.9. The number of hydrogen-bond donors (Lipinski definition) is 2. The number of nitrogens with zero attached hydrogens (tertiary/aromatic N) is 2. The van der Waals surface area contributed by atoms with Crippen LogP contribution in [0.3, 0.4) is 0 Å². The largest absolute Gasteiger partial charge is 0.323 e. The topological polar surface area (TPSA) is 45.6 Å². The number of benzene rings is 1. The van der Waals surface area contributed by atoms with E-state index in [1.165, 1.54) is 0 Å². The predicted molar refractivity (Wildman–Crippen MR) is 59.5 cm³/mol. The first-order valence-electron chi connectivity index (χ1n) is 4.76. The smallest absolute Gasteiger partial charge is 0.220 e. The fraction of sp³-hybridized carbons (Fsp3) is 0. The molecule has 3 rings (SSSR count). The normalized spacial score (nSPS) is 10.7. The number of rotatable bonds is 2. The van der Waals surface area contributed by atoms with Crippen molar-refractivity contribution in [1.82, 2.24) is 14.6 Å². The Hall–Kier alpha value is -2.23. The molecule has 0 aliphatic carbocycles. The van der Waals surface area contributed by atoms with Gasteiger partial charge in [-0.25, -0.2) is 4.98 Å². The van der Waals surface area contributed by atoms with Gasteiger partial charge >= 0.3 is 0 Å². The van der Waals surface area contributed by atoms with Gasteiger partial charge in [0.25, 0.3) is 0 Å². The summed E-state index contributed by atoms with van der Waals surface area (Å²) in [6.07, 6.45) is 3.85. The fourth-order valence-electron chi connectivity index (χ4n) is 1.54. The van der Waals surface area contributed by atoms with Gasteiger partial charge in [-0.05, 0) is 24.3 Å². The van der Waals surface area contributed by atoms with Crippen LogP contribution in [-0.4, -0.2) is 14.6 Å². The van der Waals surface area contributed by atoms with Crippen LogP contribution >= 0.6 is 0 Å². The average Bonchev–Trinajstić information content (AvgIpc) is 2.86. The molecule has 0 bridgehead atoms. The maximum Gasteiger partial charge on any atom is 0.220 e. The third-order valence-corrected chi connectivity index (χ3v) is 2.23. The van der Waals surface area contributed by atoms with Gasteiger partial charge in [0, 0.05) is 12.4 Å². The molecule has 1 aromatic carbocycles. The summed E-state index contributed by atoms with van der Waals surface area (Å²) < 4.78 is 1.84. The number of hydrogen-bond acceptors (Lipinski definition) is 2. The summed E-state index contributed by atoms with van der Waals surface area (Å²) >= 11 is 0. The van der Waals surface area contributed by atoms with Crippen molar-refractivity contribution >= 4 is 17.0 Å². The summed E-state index contributed by atoms with van der Waals surface area (Å²) in [5.74, 6) is 0.743. The van der Waals surface area contributed by atoms with E-state index in [1.807, 2.05) is 53.5 Å². The van der Waals surface area contributed by atoms with E-state index in [0.717, 1.165) is 17.0 Å². The van der Waals surface area contributed by atoms with Crippen molar-refractivity contribution in [2.45, 2.75) is 0 Å². The molecule has 0 radical (unpaired) electrons. The molecule has 0 atom stereocenters. The first-order valence-corrected chi connectivity index (χ1v) is 4.76. The molecule has 74 valence electrons. The zero-order valence-corrected chi connectivity index (χ0v) is 8.01. The minimum atomic E-state index is 0.743. The second-order valence-corrected chi connectivity index (χ2v) is 3.30. The summed E-state index contributed by atoms with van der Waals surface area (Å²) in [4.78, 5) is 7.59. The minimum Gasteiger partial charge on any atom is -0.323 e. The number of H-pyrrole nitrogens is 1. The lowest BCUT2D eigenvalue weighted by Crippen LogP contribution is -2.06. The lowest BCUT2D eigenvalue weighted by Gasteiger charge is -2.01. The lowest BCUT2D eigenvalue weighted by atomic mass is 10.3. The number of imidazole rings is 1. The lowest BCUT2D eigenvalue weighted by molar-refractivity contribution is 0.944. The first kappa shape index (κ1) is 8.11. The van der Waals surface area contributed by atoms with Crippen molar-refractivity contribution in [3.05, 3.63) is 48.8 Å². The van der Waals surface area contributed by atoms with E-state index in [2.05, 4.69) is 15.4 Å². The molecule has 4 heteroatoms. The van der Waals surface area contributed by atoms with Crippen LogP contribution in [0.15, 0.2) is 48.8 Å². The van der Waals surface area contributed by atoms with Crippen molar-refractivity contribution in [3.63, 3.8) is 0 Å². The van der Waals surface area contributed by atoms with Gasteiger partial charge in [-0.2, -0.15) is 0 Å². The van der Waals surface area contributed by atoms with Gasteiger partial charge in [0.05, 0.1) is 11.0 Å².